The first kappa shape index (κ1) is 13.4. The van der Waals surface area contributed by atoms with E-state index in [1.54, 1.807) is 25.8 Å². The lowest BCUT2D eigenvalue weighted by atomic mass is 10.1. The number of carbonyl (C=O) groups is 1. The quantitative estimate of drug-likeness (QED) is 0.606. The highest BCUT2D eigenvalue weighted by atomic mass is 16.3. The molecule has 4 heteroatoms. The van der Waals surface area contributed by atoms with Crippen LogP contribution in [0.25, 0.3) is 0 Å². The summed E-state index contributed by atoms with van der Waals surface area (Å²) in [5.41, 5.74) is -0.824. The molecule has 0 aliphatic rings. The van der Waals surface area contributed by atoms with E-state index in [4.69, 9.17) is 0 Å². The molecule has 0 aromatic rings. The van der Waals surface area contributed by atoms with Gasteiger partial charge in [-0.1, -0.05) is 6.92 Å². The van der Waals surface area contributed by atoms with Gasteiger partial charge in [0, 0.05) is 13.6 Å². The molecule has 0 saturated carbocycles. The Morgan fingerprint density at radius 1 is 1.50 bits per heavy atom. The highest BCUT2D eigenvalue weighted by molar-refractivity contribution is 5.78. The van der Waals surface area contributed by atoms with Crippen molar-refractivity contribution in [2.45, 2.75) is 32.8 Å². The minimum atomic E-state index is -0.824. The predicted octanol–water partition coefficient (Wildman–Crippen LogP) is 0.215. The maximum atomic E-state index is 11.4. The number of rotatable bonds is 6. The molecular weight excluding hydrogens is 180 g/mol. The largest absolute Gasteiger partial charge is 0.389 e. The fourth-order valence-electron chi connectivity index (χ4n) is 1.18. The van der Waals surface area contributed by atoms with Crippen LogP contribution in [0.4, 0.5) is 0 Å². The normalized spacial score (nSPS) is 11.5. The van der Waals surface area contributed by atoms with E-state index in [2.05, 4.69) is 12.2 Å². The van der Waals surface area contributed by atoms with Gasteiger partial charge in [-0.25, -0.2) is 0 Å². The third-order valence-electron chi connectivity index (χ3n) is 1.75. The summed E-state index contributed by atoms with van der Waals surface area (Å²) in [6.45, 7) is 6.99. The molecule has 0 heterocycles. The van der Waals surface area contributed by atoms with E-state index in [1.807, 2.05) is 0 Å². The minimum absolute atomic E-state index is 0.0144. The van der Waals surface area contributed by atoms with E-state index in [-0.39, 0.29) is 5.91 Å². The molecule has 2 N–H and O–H groups in total. The fraction of sp³-hybridized carbons (Fsp3) is 0.900. The molecule has 0 aromatic heterocycles. The fourth-order valence-corrected chi connectivity index (χ4v) is 1.18. The molecule has 1 amide bonds. The Morgan fingerprint density at radius 2 is 2.07 bits per heavy atom. The first-order valence-corrected chi connectivity index (χ1v) is 5.04. The van der Waals surface area contributed by atoms with Crippen LogP contribution in [0, 0.1) is 0 Å². The van der Waals surface area contributed by atoms with Crippen molar-refractivity contribution in [3.8, 4) is 0 Å². The summed E-state index contributed by atoms with van der Waals surface area (Å²) in [5, 5.41) is 12.5. The Labute approximate surface area is 86.3 Å². The second-order valence-corrected chi connectivity index (χ2v) is 4.24. The second kappa shape index (κ2) is 5.98. The molecule has 0 spiro atoms. The van der Waals surface area contributed by atoms with Crippen molar-refractivity contribution in [1.82, 2.24) is 10.2 Å². The Hall–Kier alpha value is -0.610. The Bertz CT molecular complexity index is 175. The summed E-state index contributed by atoms with van der Waals surface area (Å²) in [6, 6.07) is 0. The third-order valence-corrected chi connectivity index (χ3v) is 1.75. The minimum Gasteiger partial charge on any atom is -0.389 e. The van der Waals surface area contributed by atoms with Crippen LogP contribution in [0.2, 0.25) is 0 Å². The van der Waals surface area contributed by atoms with Crippen LogP contribution >= 0.6 is 0 Å². The average Bonchev–Trinajstić information content (AvgIpc) is 2.01. The number of likely N-dealkylation sites (N-methyl/N-ethyl adjacent to an activating group) is 1. The molecule has 0 aliphatic heterocycles. The lowest BCUT2D eigenvalue weighted by molar-refractivity contribution is -0.131. The van der Waals surface area contributed by atoms with Crippen molar-refractivity contribution in [1.29, 1.82) is 0 Å². The summed E-state index contributed by atoms with van der Waals surface area (Å²) >= 11 is 0. The molecule has 0 fully saturated rings. The van der Waals surface area contributed by atoms with Gasteiger partial charge in [0.05, 0.1) is 12.1 Å². The topological polar surface area (TPSA) is 52.6 Å². The van der Waals surface area contributed by atoms with Crippen LogP contribution in [0.3, 0.4) is 0 Å². The molecule has 0 atom stereocenters. The van der Waals surface area contributed by atoms with E-state index in [0.717, 1.165) is 13.0 Å². The van der Waals surface area contributed by atoms with E-state index in [1.165, 1.54) is 0 Å². The van der Waals surface area contributed by atoms with Gasteiger partial charge >= 0.3 is 0 Å². The van der Waals surface area contributed by atoms with Gasteiger partial charge in [0.2, 0.25) is 5.91 Å². The molecule has 0 aromatic carbocycles. The lowest BCUT2D eigenvalue weighted by Crippen LogP contribution is -2.43. The Balaban J connectivity index is 3.77. The molecule has 14 heavy (non-hydrogen) atoms. The molecule has 0 bridgehead atoms. The van der Waals surface area contributed by atoms with E-state index >= 15 is 0 Å². The smallest absolute Gasteiger partial charge is 0.236 e. The van der Waals surface area contributed by atoms with Crippen LogP contribution < -0.4 is 5.32 Å². The number of amides is 1. The summed E-state index contributed by atoms with van der Waals surface area (Å²) in [4.78, 5) is 13.0. The van der Waals surface area contributed by atoms with Crippen molar-refractivity contribution in [3.05, 3.63) is 0 Å². The molecule has 0 saturated heterocycles. The van der Waals surface area contributed by atoms with Gasteiger partial charge in [0.15, 0.2) is 0 Å². The first-order chi connectivity index (χ1) is 6.37. The van der Waals surface area contributed by atoms with Crippen LogP contribution in [-0.4, -0.2) is 48.2 Å². The van der Waals surface area contributed by atoms with Gasteiger partial charge in [-0.15, -0.1) is 0 Å². The third kappa shape index (κ3) is 6.86. The van der Waals surface area contributed by atoms with Gasteiger partial charge in [-0.2, -0.15) is 0 Å². The predicted molar refractivity (Wildman–Crippen MR) is 57.1 cm³/mol. The molecule has 0 radical (unpaired) electrons. The number of aliphatic hydroxyl groups is 1. The van der Waals surface area contributed by atoms with Crippen LogP contribution in [0.5, 0.6) is 0 Å². The summed E-state index contributed by atoms with van der Waals surface area (Å²) in [5.74, 6) is 0.0144. The van der Waals surface area contributed by atoms with E-state index in [0.29, 0.717) is 13.1 Å². The average molecular weight is 202 g/mol. The van der Waals surface area contributed by atoms with E-state index < -0.39 is 5.60 Å². The second-order valence-electron chi connectivity index (χ2n) is 4.24. The SMILES string of the molecule is CCCNCC(=O)N(C)CC(C)(C)O. The zero-order valence-electron chi connectivity index (χ0n) is 9.63. The van der Waals surface area contributed by atoms with Crippen molar-refractivity contribution >= 4 is 5.91 Å². The standard InChI is InChI=1S/C10H22N2O2/c1-5-6-11-7-9(13)12(4)8-10(2,3)14/h11,14H,5-8H2,1-4H3. The number of hydrogen-bond acceptors (Lipinski definition) is 3. The number of nitrogens with zero attached hydrogens (tertiary/aromatic N) is 1. The highest BCUT2D eigenvalue weighted by Crippen LogP contribution is 2.02. The Kier molecular flexibility index (Phi) is 5.72. The van der Waals surface area contributed by atoms with Gasteiger partial charge in [0.25, 0.3) is 0 Å². The van der Waals surface area contributed by atoms with E-state index in [9.17, 15) is 9.90 Å². The number of hydrogen-bond donors (Lipinski definition) is 2. The van der Waals surface area contributed by atoms with Crippen LogP contribution in [0.1, 0.15) is 27.2 Å². The summed E-state index contributed by atoms with van der Waals surface area (Å²) in [7, 11) is 1.70. The number of carbonyl (C=O) groups excluding carboxylic acids is 1. The maximum Gasteiger partial charge on any atom is 0.236 e. The van der Waals surface area contributed by atoms with Crippen molar-refractivity contribution in [3.63, 3.8) is 0 Å². The van der Waals surface area contributed by atoms with Gasteiger partial charge in [0.1, 0.15) is 0 Å². The molecular formula is C10H22N2O2. The Morgan fingerprint density at radius 3 is 2.50 bits per heavy atom. The maximum absolute atomic E-state index is 11.4. The van der Waals surface area contributed by atoms with Crippen molar-refractivity contribution in [2.24, 2.45) is 0 Å². The molecule has 4 nitrogen and oxygen atoms in total. The zero-order valence-corrected chi connectivity index (χ0v) is 9.63. The van der Waals surface area contributed by atoms with Crippen LogP contribution in [-0.2, 0) is 4.79 Å². The van der Waals surface area contributed by atoms with Gasteiger partial charge < -0.3 is 15.3 Å². The molecule has 0 unspecified atom stereocenters. The first-order valence-electron chi connectivity index (χ1n) is 5.04. The van der Waals surface area contributed by atoms with Crippen LogP contribution in [0.15, 0.2) is 0 Å². The summed E-state index contributed by atoms with van der Waals surface area (Å²) < 4.78 is 0. The monoisotopic (exact) mass is 202 g/mol. The van der Waals surface area contributed by atoms with Crippen molar-refractivity contribution in [2.75, 3.05) is 26.7 Å². The van der Waals surface area contributed by atoms with Crippen molar-refractivity contribution < 1.29 is 9.90 Å². The highest BCUT2D eigenvalue weighted by Gasteiger charge is 2.18. The molecule has 84 valence electrons. The van der Waals surface area contributed by atoms with Gasteiger partial charge in [-0.3, -0.25) is 4.79 Å². The number of nitrogens with one attached hydrogen (secondary N) is 1. The molecule has 0 rings (SSSR count). The summed E-state index contributed by atoms with van der Waals surface area (Å²) in [6.07, 6.45) is 1.02. The zero-order chi connectivity index (χ0) is 11.2. The lowest BCUT2D eigenvalue weighted by Gasteiger charge is -2.25. The molecule has 0 aliphatic carbocycles. The van der Waals surface area contributed by atoms with Gasteiger partial charge in [-0.05, 0) is 26.8 Å².